The Hall–Kier alpha value is -4.11. The summed E-state index contributed by atoms with van der Waals surface area (Å²) in [6.07, 6.45) is 1.20. The van der Waals surface area contributed by atoms with E-state index in [-0.39, 0.29) is 18.4 Å². The van der Waals surface area contributed by atoms with Gasteiger partial charge in [0.15, 0.2) is 0 Å². The second kappa shape index (κ2) is 9.14. The van der Waals surface area contributed by atoms with Gasteiger partial charge in [0.1, 0.15) is 0 Å². The van der Waals surface area contributed by atoms with E-state index in [2.05, 4.69) is 22.8 Å². The summed E-state index contributed by atoms with van der Waals surface area (Å²) >= 11 is 0. The summed E-state index contributed by atoms with van der Waals surface area (Å²) in [6, 6.07) is 24.4. The quantitative estimate of drug-likeness (QED) is 0.643. The molecule has 0 aliphatic carbocycles. The molecule has 0 bridgehead atoms. The predicted octanol–water partition coefficient (Wildman–Crippen LogP) is 4.01. The van der Waals surface area contributed by atoms with E-state index in [0.717, 1.165) is 17.7 Å². The van der Waals surface area contributed by atoms with Crippen molar-refractivity contribution in [2.75, 3.05) is 28.6 Å². The topological polar surface area (TPSA) is 85.2 Å². The first-order valence-electron chi connectivity index (χ1n) is 10.1. The van der Waals surface area contributed by atoms with Crippen molar-refractivity contribution in [1.29, 1.82) is 5.26 Å². The Morgan fingerprint density at radius 1 is 0.968 bits per heavy atom. The van der Waals surface area contributed by atoms with Gasteiger partial charge in [-0.05, 0) is 53.9 Å². The molecule has 0 saturated heterocycles. The molecule has 1 aliphatic rings. The Balaban J connectivity index is 1.36. The average molecular weight is 410 g/mol. The summed E-state index contributed by atoms with van der Waals surface area (Å²) in [4.78, 5) is 27.1. The molecule has 1 aliphatic heterocycles. The van der Waals surface area contributed by atoms with Crippen molar-refractivity contribution in [3.05, 3.63) is 89.5 Å². The number of nitrogens with zero attached hydrogens (tertiary/aromatic N) is 2. The van der Waals surface area contributed by atoms with Crippen LogP contribution in [0.1, 0.15) is 21.5 Å². The van der Waals surface area contributed by atoms with Crippen LogP contribution < -0.4 is 15.5 Å². The van der Waals surface area contributed by atoms with E-state index in [1.54, 1.807) is 29.2 Å². The number of para-hydroxylation sites is 1. The molecule has 0 aromatic heterocycles. The molecule has 0 radical (unpaired) electrons. The Bertz CT molecular complexity index is 1150. The Morgan fingerprint density at radius 3 is 2.58 bits per heavy atom. The first-order valence-corrected chi connectivity index (χ1v) is 10.1. The Morgan fingerprint density at radius 2 is 1.77 bits per heavy atom. The lowest BCUT2D eigenvalue weighted by molar-refractivity contribution is -0.114. The lowest BCUT2D eigenvalue weighted by Gasteiger charge is -2.18. The van der Waals surface area contributed by atoms with Crippen molar-refractivity contribution in [2.24, 2.45) is 0 Å². The number of nitriles is 1. The fraction of sp³-hybridized carbons (Fsp3) is 0.160. The largest absolute Gasteiger partial charge is 0.376 e. The molecule has 6 nitrogen and oxygen atoms in total. The van der Waals surface area contributed by atoms with Crippen LogP contribution in [0.15, 0.2) is 72.8 Å². The molecular weight excluding hydrogens is 388 g/mol. The highest BCUT2D eigenvalue weighted by molar-refractivity contribution is 6.07. The monoisotopic (exact) mass is 410 g/mol. The van der Waals surface area contributed by atoms with Crippen molar-refractivity contribution in [3.8, 4) is 6.07 Å². The molecule has 2 N–H and O–H groups in total. The van der Waals surface area contributed by atoms with E-state index in [4.69, 9.17) is 5.26 Å². The highest BCUT2D eigenvalue weighted by Gasteiger charge is 2.25. The standard InChI is InChI=1S/C25H22N4O2/c26-14-12-18-8-10-21(11-9-18)28-24(30)17-27-22-6-3-5-20(16-22)25(31)29-15-13-19-4-1-2-7-23(19)29/h1-11,16,27H,12-13,15,17H2,(H,28,30). The van der Waals surface area contributed by atoms with Gasteiger partial charge in [0, 0.05) is 29.2 Å². The predicted molar refractivity (Wildman–Crippen MR) is 121 cm³/mol. The minimum atomic E-state index is -0.196. The summed E-state index contributed by atoms with van der Waals surface area (Å²) in [5.41, 5.74) is 5.01. The molecule has 0 unspecified atom stereocenters. The summed E-state index contributed by atoms with van der Waals surface area (Å²) < 4.78 is 0. The maximum Gasteiger partial charge on any atom is 0.258 e. The van der Waals surface area contributed by atoms with Gasteiger partial charge in [-0.1, -0.05) is 36.4 Å². The van der Waals surface area contributed by atoms with Gasteiger partial charge in [0.05, 0.1) is 19.0 Å². The minimum absolute atomic E-state index is 0.0458. The molecule has 3 aromatic carbocycles. The van der Waals surface area contributed by atoms with Crippen LogP contribution in [0.5, 0.6) is 0 Å². The van der Waals surface area contributed by atoms with Gasteiger partial charge in [-0.15, -0.1) is 0 Å². The first kappa shape index (κ1) is 20.2. The number of rotatable bonds is 6. The molecule has 0 spiro atoms. The van der Waals surface area contributed by atoms with E-state index >= 15 is 0 Å². The maximum absolute atomic E-state index is 13.0. The van der Waals surface area contributed by atoms with E-state index in [1.807, 2.05) is 42.5 Å². The highest BCUT2D eigenvalue weighted by atomic mass is 16.2. The van der Waals surface area contributed by atoms with Crippen LogP contribution in [0.2, 0.25) is 0 Å². The molecule has 2 amide bonds. The number of carbonyl (C=O) groups is 2. The maximum atomic E-state index is 13.0. The number of nitrogens with one attached hydrogen (secondary N) is 2. The van der Waals surface area contributed by atoms with Gasteiger partial charge < -0.3 is 15.5 Å². The first-order chi connectivity index (χ1) is 15.1. The van der Waals surface area contributed by atoms with Gasteiger partial charge in [-0.25, -0.2) is 0 Å². The van der Waals surface area contributed by atoms with Gasteiger partial charge in [-0.2, -0.15) is 5.26 Å². The zero-order valence-corrected chi connectivity index (χ0v) is 17.0. The van der Waals surface area contributed by atoms with Crippen LogP contribution in [0.3, 0.4) is 0 Å². The molecule has 6 heteroatoms. The molecule has 154 valence electrons. The smallest absolute Gasteiger partial charge is 0.258 e. The third-order valence-corrected chi connectivity index (χ3v) is 5.22. The van der Waals surface area contributed by atoms with Crippen LogP contribution in [-0.2, 0) is 17.6 Å². The fourth-order valence-electron chi connectivity index (χ4n) is 3.65. The van der Waals surface area contributed by atoms with Crippen LogP contribution in [0.4, 0.5) is 17.1 Å². The Labute approximate surface area is 181 Å². The van der Waals surface area contributed by atoms with Gasteiger partial charge >= 0.3 is 0 Å². The van der Waals surface area contributed by atoms with Crippen molar-refractivity contribution in [1.82, 2.24) is 0 Å². The molecule has 0 saturated carbocycles. The van der Waals surface area contributed by atoms with Crippen molar-refractivity contribution in [2.45, 2.75) is 12.8 Å². The van der Waals surface area contributed by atoms with Crippen molar-refractivity contribution in [3.63, 3.8) is 0 Å². The number of carbonyl (C=O) groups excluding carboxylic acids is 2. The highest BCUT2D eigenvalue weighted by Crippen LogP contribution is 2.29. The number of benzene rings is 3. The van der Waals surface area contributed by atoms with Crippen LogP contribution in [0.25, 0.3) is 0 Å². The number of amides is 2. The summed E-state index contributed by atoms with van der Waals surface area (Å²) in [5, 5.41) is 14.6. The second-order valence-corrected chi connectivity index (χ2v) is 7.35. The SMILES string of the molecule is N#CCc1ccc(NC(=O)CNc2cccc(C(=O)N3CCc4ccccc43)c2)cc1. The minimum Gasteiger partial charge on any atom is -0.376 e. The van der Waals surface area contributed by atoms with Crippen LogP contribution >= 0.6 is 0 Å². The lowest BCUT2D eigenvalue weighted by atomic mass is 10.1. The summed E-state index contributed by atoms with van der Waals surface area (Å²) in [5.74, 6) is -0.242. The van der Waals surface area contributed by atoms with Crippen LogP contribution in [0, 0.1) is 11.3 Å². The number of hydrogen-bond acceptors (Lipinski definition) is 4. The van der Waals surface area contributed by atoms with Gasteiger partial charge in [0.2, 0.25) is 5.91 Å². The second-order valence-electron chi connectivity index (χ2n) is 7.35. The van der Waals surface area contributed by atoms with Gasteiger partial charge in [-0.3, -0.25) is 9.59 Å². The van der Waals surface area contributed by atoms with Gasteiger partial charge in [0.25, 0.3) is 5.91 Å². The fourth-order valence-corrected chi connectivity index (χ4v) is 3.65. The van der Waals surface area contributed by atoms with E-state index in [0.29, 0.717) is 29.9 Å². The molecular formula is C25H22N4O2. The third kappa shape index (κ3) is 4.73. The normalized spacial score (nSPS) is 12.0. The number of fused-ring (bicyclic) bond motifs is 1. The zero-order valence-electron chi connectivity index (χ0n) is 17.0. The van der Waals surface area contributed by atoms with E-state index in [1.165, 1.54) is 5.56 Å². The number of anilines is 3. The molecule has 4 rings (SSSR count). The van der Waals surface area contributed by atoms with E-state index in [9.17, 15) is 9.59 Å². The molecule has 1 heterocycles. The molecule has 31 heavy (non-hydrogen) atoms. The molecule has 3 aromatic rings. The van der Waals surface area contributed by atoms with Crippen LogP contribution in [-0.4, -0.2) is 24.9 Å². The van der Waals surface area contributed by atoms with Crippen molar-refractivity contribution < 1.29 is 9.59 Å². The Kier molecular flexibility index (Phi) is 5.95. The third-order valence-electron chi connectivity index (χ3n) is 5.22. The van der Waals surface area contributed by atoms with Crippen molar-refractivity contribution >= 4 is 28.9 Å². The lowest BCUT2D eigenvalue weighted by Crippen LogP contribution is -2.29. The summed E-state index contributed by atoms with van der Waals surface area (Å²) in [7, 11) is 0. The molecule has 0 atom stereocenters. The average Bonchev–Trinajstić information content (AvgIpc) is 3.23. The summed E-state index contributed by atoms with van der Waals surface area (Å²) in [6.45, 7) is 0.746. The zero-order chi connectivity index (χ0) is 21.6. The molecule has 0 fully saturated rings. The number of hydrogen-bond donors (Lipinski definition) is 2. The van der Waals surface area contributed by atoms with E-state index < -0.39 is 0 Å².